The van der Waals surface area contributed by atoms with Gasteiger partial charge in [0, 0.05) is 11.6 Å². The number of benzene rings is 1. The van der Waals surface area contributed by atoms with Gasteiger partial charge in [-0.25, -0.2) is 4.98 Å². The van der Waals surface area contributed by atoms with E-state index in [0.29, 0.717) is 11.8 Å². The first-order valence-electron chi connectivity index (χ1n) is 9.98. The number of thioether (sulfide) groups is 1. The molecular formula is C22H24N4OS2. The van der Waals surface area contributed by atoms with Gasteiger partial charge in [-0.1, -0.05) is 61.4 Å². The molecule has 1 amide bonds. The van der Waals surface area contributed by atoms with Crippen LogP contribution in [0.15, 0.2) is 47.5 Å². The van der Waals surface area contributed by atoms with Gasteiger partial charge in [-0.05, 0) is 31.9 Å². The van der Waals surface area contributed by atoms with Gasteiger partial charge in [-0.2, -0.15) is 0 Å². The highest BCUT2D eigenvalue weighted by atomic mass is 32.2. The number of amides is 1. The largest absolute Gasteiger partial charge is 0.353 e. The fraction of sp³-hybridized carbons (Fsp3) is 0.364. The molecular weight excluding hydrogens is 400 g/mol. The normalized spacial score (nSPS) is 14.7. The van der Waals surface area contributed by atoms with E-state index < -0.39 is 0 Å². The number of aromatic nitrogens is 3. The number of aryl methyl sites for hydroxylation is 1. The molecule has 0 bridgehead atoms. The van der Waals surface area contributed by atoms with E-state index in [1.165, 1.54) is 31.0 Å². The molecule has 29 heavy (non-hydrogen) atoms. The zero-order chi connectivity index (χ0) is 20.1. The SMILES string of the molecule is Cc1nc(-c2ccccc2)sc1-c1ccc(SCC(=O)NC2CCCCC2)nn1. The van der Waals surface area contributed by atoms with Crippen LogP contribution < -0.4 is 5.32 Å². The van der Waals surface area contributed by atoms with Gasteiger partial charge in [0.15, 0.2) is 0 Å². The van der Waals surface area contributed by atoms with Crippen LogP contribution in [-0.2, 0) is 4.79 Å². The van der Waals surface area contributed by atoms with E-state index in [-0.39, 0.29) is 5.91 Å². The van der Waals surface area contributed by atoms with E-state index in [4.69, 9.17) is 0 Å². The monoisotopic (exact) mass is 424 g/mol. The first-order valence-corrected chi connectivity index (χ1v) is 11.8. The van der Waals surface area contributed by atoms with Gasteiger partial charge in [0.1, 0.15) is 15.7 Å². The molecule has 7 heteroatoms. The van der Waals surface area contributed by atoms with Gasteiger partial charge in [-0.15, -0.1) is 21.5 Å². The average Bonchev–Trinajstić information content (AvgIpc) is 3.16. The number of nitrogens with one attached hydrogen (secondary N) is 1. The number of hydrogen-bond acceptors (Lipinski definition) is 6. The molecule has 1 aliphatic carbocycles. The summed E-state index contributed by atoms with van der Waals surface area (Å²) in [5.74, 6) is 0.459. The Balaban J connectivity index is 1.37. The molecule has 0 spiro atoms. The smallest absolute Gasteiger partial charge is 0.230 e. The molecule has 5 nitrogen and oxygen atoms in total. The third-order valence-corrected chi connectivity index (χ3v) is 7.16. The molecule has 1 saturated carbocycles. The lowest BCUT2D eigenvalue weighted by molar-refractivity contribution is -0.119. The third kappa shape index (κ3) is 5.22. The molecule has 1 aliphatic rings. The Hall–Kier alpha value is -2.25. The van der Waals surface area contributed by atoms with Gasteiger partial charge in [0.2, 0.25) is 5.91 Å². The van der Waals surface area contributed by atoms with Crippen LogP contribution in [0.2, 0.25) is 0 Å². The quantitative estimate of drug-likeness (QED) is 0.557. The number of thiazole rings is 1. The van der Waals surface area contributed by atoms with Crippen LogP contribution in [0, 0.1) is 6.92 Å². The van der Waals surface area contributed by atoms with E-state index in [1.54, 1.807) is 11.3 Å². The van der Waals surface area contributed by atoms with Gasteiger partial charge >= 0.3 is 0 Å². The maximum atomic E-state index is 12.2. The van der Waals surface area contributed by atoms with Crippen LogP contribution in [0.3, 0.4) is 0 Å². The Morgan fingerprint density at radius 2 is 1.90 bits per heavy atom. The molecule has 4 rings (SSSR count). The van der Waals surface area contributed by atoms with Crippen molar-refractivity contribution in [1.29, 1.82) is 0 Å². The zero-order valence-corrected chi connectivity index (χ0v) is 18.1. The highest BCUT2D eigenvalue weighted by molar-refractivity contribution is 7.99. The van der Waals surface area contributed by atoms with Gasteiger partial charge in [-0.3, -0.25) is 4.79 Å². The zero-order valence-electron chi connectivity index (χ0n) is 16.4. The molecule has 1 fully saturated rings. The predicted molar refractivity (Wildman–Crippen MR) is 119 cm³/mol. The predicted octanol–water partition coefficient (Wildman–Crippen LogP) is 5.12. The molecule has 1 aromatic carbocycles. The Labute approximate surface area is 179 Å². The minimum absolute atomic E-state index is 0.0820. The van der Waals surface area contributed by atoms with E-state index in [9.17, 15) is 4.79 Å². The Kier molecular flexibility index (Phi) is 6.56. The van der Waals surface area contributed by atoms with Crippen molar-refractivity contribution in [3.8, 4) is 21.1 Å². The molecule has 2 heterocycles. The van der Waals surface area contributed by atoms with Crippen LogP contribution in [0.5, 0.6) is 0 Å². The fourth-order valence-electron chi connectivity index (χ4n) is 3.51. The molecule has 0 saturated heterocycles. The first-order chi connectivity index (χ1) is 14.2. The minimum atomic E-state index is 0.0820. The van der Waals surface area contributed by atoms with Crippen LogP contribution in [0.4, 0.5) is 0 Å². The standard InChI is InChI=1S/C22H24N4OS2/c1-15-21(29-22(23-15)16-8-4-2-5-9-16)18-12-13-20(26-25-18)28-14-19(27)24-17-10-6-3-7-11-17/h2,4-5,8-9,12-13,17H,3,6-7,10-11,14H2,1H3,(H,24,27). The fourth-order valence-corrected chi connectivity index (χ4v) is 5.17. The summed E-state index contributed by atoms with van der Waals surface area (Å²) in [6.07, 6.45) is 5.92. The highest BCUT2D eigenvalue weighted by Crippen LogP contribution is 2.34. The van der Waals surface area contributed by atoms with Crippen molar-refractivity contribution in [1.82, 2.24) is 20.5 Å². The summed E-state index contributed by atoms with van der Waals surface area (Å²) in [7, 11) is 0. The maximum absolute atomic E-state index is 12.2. The number of nitrogens with zero attached hydrogens (tertiary/aromatic N) is 3. The van der Waals surface area contributed by atoms with E-state index >= 15 is 0 Å². The van der Waals surface area contributed by atoms with Crippen molar-refractivity contribution in [2.45, 2.75) is 50.1 Å². The van der Waals surface area contributed by atoms with Crippen molar-refractivity contribution in [2.24, 2.45) is 0 Å². The topological polar surface area (TPSA) is 67.8 Å². The number of rotatable bonds is 6. The maximum Gasteiger partial charge on any atom is 0.230 e. The summed E-state index contributed by atoms with van der Waals surface area (Å²) >= 11 is 3.05. The molecule has 0 aliphatic heterocycles. The van der Waals surface area contributed by atoms with E-state index in [1.807, 2.05) is 37.3 Å². The second kappa shape index (κ2) is 9.50. The van der Waals surface area contributed by atoms with Crippen molar-refractivity contribution >= 4 is 29.0 Å². The lowest BCUT2D eigenvalue weighted by Gasteiger charge is -2.22. The summed E-state index contributed by atoms with van der Waals surface area (Å²) < 4.78 is 0. The minimum Gasteiger partial charge on any atom is -0.353 e. The van der Waals surface area contributed by atoms with Crippen molar-refractivity contribution in [3.63, 3.8) is 0 Å². The first kappa shape index (κ1) is 20.0. The summed E-state index contributed by atoms with van der Waals surface area (Å²) in [5, 5.41) is 13.6. The number of carbonyl (C=O) groups excluding carboxylic acids is 1. The van der Waals surface area contributed by atoms with Crippen molar-refractivity contribution < 1.29 is 4.79 Å². The second-order valence-electron chi connectivity index (χ2n) is 7.25. The number of hydrogen-bond donors (Lipinski definition) is 1. The Bertz CT molecular complexity index is 951. The molecule has 3 aromatic rings. The molecule has 150 valence electrons. The van der Waals surface area contributed by atoms with E-state index in [0.717, 1.165) is 44.7 Å². The van der Waals surface area contributed by atoms with E-state index in [2.05, 4.69) is 32.6 Å². The molecule has 1 N–H and O–H groups in total. The summed E-state index contributed by atoms with van der Waals surface area (Å²) in [4.78, 5) is 17.9. The van der Waals surface area contributed by atoms with Crippen LogP contribution in [0.25, 0.3) is 21.1 Å². The third-order valence-electron chi connectivity index (χ3n) is 5.01. The highest BCUT2D eigenvalue weighted by Gasteiger charge is 2.16. The lowest BCUT2D eigenvalue weighted by atomic mass is 9.95. The average molecular weight is 425 g/mol. The molecule has 0 atom stereocenters. The van der Waals surface area contributed by atoms with Crippen LogP contribution in [-0.4, -0.2) is 32.9 Å². The molecule has 0 unspecified atom stereocenters. The van der Waals surface area contributed by atoms with Gasteiger partial charge in [0.05, 0.1) is 16.3 Å². The molecule has 0 radical (unpaired) electrons. The van der Waals surface area contributed by atoms with Crippen LogP contribution >= 0.6 is 23.1 Å². The van der Waals surface area contributed by atoms with Crippen molar-refractivity contribution in [2.75, 3.05) is 5.75 Å². The van der Waals surface area contributed by atoms with Crippen LogP contribution in [0.1, 0.15) is 37.8 Å². The number of carbonyl (C=O) groups is 1. The second-order valence-corrected chi connectivity index (χ2v) is 9.24. The summed E-state index contributed by atoms with van der Waals surface area (Å²) in [5.41, 5.74) is 2.88. The summed E-state index contributed by atoms with van der Waals surface area (Å²) in [6.45, 7) is 2.00. The lowest BCUT2D eigenvalue weighted by Crippen LogP contribution is -2.37. The van der Waals surface area contributed by atoms with Gasteiger partial charge < -0.3 is 5.32 Å². The summed E-state index contributed by atoms with van der Waals surface area (Å²) in [6, 6.07) is 14.4. The van der Waals surface area contributed by atoms with Gasteiger partial charge in [0.25, 0.3) is 0 Å². The van der Waals surface area contributed by atoms with Crippen molar-refractivity contribution in [3.05, 3.63) is 48.2 Å². The Morgan fingerprint density at radius 3 is 2.62 bits per heavy atom. The Morgan fingerprint density at radius 1 is 1.10 bits per heavy atom. The molecule has 2 aromatic heterocycles.